The largest absolute Gasteiger partial charge is 0.374 e. The van der Waals surface area contributed by atoms with Crippen LogP contribution in [-0.2, 0) is 4.74 Å². The van der Waals surface area contributed by atoms with Gasteiger partial charge in [0.1, 0.15) is 0 Å². The Kier molecular flexibility index (Phi) is 4.19. The van der Waals surface area contributed by atoms with E-state index in [9.17, 15) is 0 Å². The van der Waals surface area contributed by atoms with Crippen molar-refractivity contribution in [3.63, 3.8) is 0 Å². The monoisotopic (exact) mass is 253 g/mol. The second-order valence-electron chi connectivity index (χ2n) is 6.11. The minimum Gasteiger partial charge on any atom is -0.374 e. The van der Waals surface area contributed by atoms with Gasteiger partial charge in [0.05, 0.1) is 12.7 Å². The topological polar surface area (TPSA) is 27.7 Å². The standard InChI is InChI=1S/C14H27N3O/c1-15-12-4-7-16(8-5-12)9-14-10-17-6-2-3-13(17)11-18-14/h12-15H,2-11H2,1H3. The third-order valence-electron chi connectivity index (χ3n) is 4.92. The minimum absolute atomic E-state index is 0.450. The zero-order valence-electron chi connectivity index (χ0n) is 11.6. The summed E-state index contributed by atoms with van der Waals surface area (Å²) in [5.74, 6) is 0. The van der Waals surface area contributed by atoms with Crippen LogP contribution in [0.3, 0.4) is 0 Å². The minimum atomic E-state index is 0.450. The lowest BCUT2D eigenvalue weighted by molar-refractivity contribution is -0.0631. The van der Waals surface area contributed by atoms with Crippen molar-refractivity contribution in [2.45, 2.75) is 43.9 Å². The smallest absolute Gasteiger partial charge is 0.0829 e. The predicted molar refractivity (Wildman–Crippen MR) is 72.9 cm³/mol. The molecule has 0 spiro atoms. The van der Waals surface area contributed by atoms with Gasteiger partial charge in [-0.1, -0.05) is 0 Å². The van der Waals surface area contributed by atoms with Crippen LogP contribution in [0.1, 0.15) is 25.7 Å². The van der Waals surface area contributed by atoms with Crippen LogP contribution in [0.4, 0.5) is 0 Å². The maximum Gasteiger partial charge on any atom is 0.0829 e. The predicted octanol–water partition coefficient (Wildman–Crippen LogP) is 0.533. The molecule has 0 aromatic carbocycles. The summed E-state index contributed by atoms with van der Waals surface area (Å²) in [6, 6.07) is 1.47. The molecule has 3 aliphatic heterocycles. The number of hydrogen-bond donors (Lipinski definition) is 1. The lowest BCUT2D eigenvalue weighted by Gasteiger charge is -2.39. The van der Waals surface area contributed by atoms with Crippen molar-refractivity contribution >= 4 is 0 Å². The van der Waals surface area contributed by atoms with Gasteiger partial charge in [-0.15, -0.1) is 0 Å². The van der Waals surface area contributed by atoms with Crippen LogP contribution < -0.4 is 5.32 Å². The van der Waals surface area contributed by atoms with Crippen molar-refractivity contribution in [3.8, 4) is 0 Å². The van der Waals surface area contributed by atoms with E-state index in [-0.39, 0.29) is 0 Å². The van der Waals surface area contributed by atoms with Gasteiger partial charge in [-0.2, -0.15) is 0 Å². The second kappa shape index (κ2) is 5.87. The molecular formula is C14H27N3O. The van der Waals surface area contributed by atoms with Gasteiger partial charge in [0, 0.05) is 25.2 Å². The fraction of sp³-hybridized carbons (Fsp3) is 1.00. The first-order chi connectivity index (χ1) is 8.85. The number of morpholine rings is 1. The number of piperidine rings is 1. The highest BCUT2D eigenvalue weighted by molar-refractivity contribution is 4.87. The Labute approximate surface area is 111 Å². The number of fused-ring (bicyclic) bond motifs is 1. The molecule has 0 amide bonds. The zero-order valence-corrected chi connectivity index (χ0v) is 11.6. The van der Waals surface area contributed by atoms with Gasteiger partial charge in [-0.25, -0.2) is 0 Å². The van der Waals surface area contributed by atoms with E-state index in [1.807, 2.05) is 0 Å². The molecule has 2 atom stereocenters. The third kappa shape index (κ3) is 2.87. The van der Waals surface area contributed by atoms with Crippen LogP contribution in [0.15, 0.2) is 0 Å². The summed E-state index contributed by atoms with van der Waals surface area (Å²) in [7, 11) is 2.08. The number of ether oxygens (including phenoxy) is 1. The maximum absolute atomic E-state index is 6.05. The van der Waals surface area contributed by atoms with Gasteiger partial charge in [-0.05, 0) is 52.4 Å². The molecule has 3 rings (SSSR count). The Balaban J connectivity index is 1.43. The van der Waals surface area contributed by atoms with Crippen LogP contribution in [0.2, 0.25) is 0 Å². The number of rotatable bonds is 3. The van der Waals surface area contributed by atoms with Crippen LogP contribution in [-0.4, -0.2) is 74.4 Å². The molecule has 1 N–H and O–H groups in total. The van der Waals surface area contributed by atoms with Crippen LogP contribution in [0.25, 0.3) is 0 Å². The number of nitrogens with zero attached hydrogens (tertiary/aromatic N) is 2. The normalized spacial score (nSPS) is 35.8. The summed E-state index contributed by atoms with van der Waals surface area (Å²) in [5, 5.41) is 3.39. The molecule has 3 fully saturated rings. The first kappa shape index (κ1) is 12.9. The summed E-state index contributed by atoms with van der Waals surface area (Å²) < 4.78 is 6.05. The molecule has 4 heteroatoms. The van der Waals surface area contributed by atoms with E-state index in [4.69, 9.17) is 4.74 Å². The van der Waals surface area contributed by atoms with E-state index in [0.29, 0.717) is 6.10 Å². The third-order valence-corrected chi connectivity index (χ3v) is 4.92. The highest BCUT2D eigenvalue weighted by Crippen LogP contribution is 2.23. The van der Waals surface area contributed by atoms with Gasteiger partial charge in [0.15, 0.2) is 0 Å². The van der Waals surface area contributed by atoms with E-state index in [1.54, 1.807) is 0 Å². The molecule has 0 aromatic rings. The second-order valence-corrected chi connectivity index (χ2v) is 6.11. The van der Waals surface area contributed by atoms with Crippen molar-refractivity contribution < 1.29 is 4.74 Å². The molecule has 0 bridgehead atoms. The Morgan fingerprint density at radius 1 is 1.17 bits per heavy atom. The molecule has 3 heterocycles. The van der Waals surface area contributed by atoms with Crippen LogP contribution in [0, 0.1) is 0 Å². The van der Waals surface area contributed by atoms with Gasteiger partial charge in [-0.3, -0.25) is 4.90 Å². The van der Waals surface area contributed by atoms with E-state index in [2.05, 4.69) is 22.2 Å². The highest BCUT2D eigenvalue weighted by atomic mass is 16.5. The van der Waals surface area contributed by atoms with E-state index in [0.717, 1.165) is 31.8 Å². The molecule has 3 saturated heterocycles. The van der Waals surface area contributed by atoms with Gasteiger partial charge >= 0.3 is 0 Å². The fourth-order valence-corrected chi connectivity index (χ4v) is 3.69. The Hall–Kier alpha value is -0.160. The van der Waals surface area contributed by atoms with Gasteiger partial charge < -0.3 is 15.0 Å². The molecule has 18 heavy (non-hydrogen) atoms. The summed E-state index contributed by atoms with van der Waals surface area (Å²) in [4.78, 5) is 5.24. The lowest BCUT2D eigenvalue weighted by atomic mass is 10.0. The number of nitrogens with one attached hydrogen (secondary N) is 1. The molecule has 0 aromatic heterocycles. The molecule has 4 nitrogen and oxygen atoms in total. The first-order valence-electron chi connectivity index (χ1n) is 7.60. The quantitative estimate of drug-likeness (QED) is 0.794. The number of likely N-dealkylation sites (tertiary alicyclic amines) is 1. The van der Waals surface area contributed by atoms with E-state index >= 15 is 0 Å². The average Bonchev–Trinajstić information content (AvgIpc) is 2.87. The Bertz CT molecular complexity index is 266. The van der Waals surface area contributed by atoms with E-state index in [1.165, 1.54) is 45.3 Å². The lowest BCUT2D eigenvalue weighted by Crippen LogP contribution is -2.51. The van der Waals surface area contributed by atoms with Crippen molar-refractivity contribution in [1.82, 2.24) is 15.1 Å². The SMILES string of the molecule is CNC1CCN(CC2CN3CCCC3CO2)CC1. The summed E-state index contributed by atoms with van der Waals surface area (Å²) >= 11 is 0. The molecule has 0 aliphatic carbocycles. The Morgan fingerprint density at radius 2 is 2.00 bits per heavy atom. The maximum atomic E-state index is 6.05. The first-order valence-corrected chi connectivity index (χ1v) is 7.60. The van der Waals surface area contributed by atoms with Crippen molar-refractivity contribution in [2.24, 2.45) is 0 Å². The van der Waals surface area contributed by atoms with Crippen LogP contribution >= 0.6 is 0 Å². The molecule has 104 valence electrons. The highest BCUT2D eigenvalue weighted by Gasteiger charge is 2.33. The summed E-state index contributed by atoms with van der Waals surface area (Å²) in [6.07, 6.45) is 5.74. The number of hydrogen-bond acceptors (Lipinski definition) is 4. The molecule has 3 aliphatic rings. The van der Waals surface area contributed by atoms with Crippen molar-refractivity contribution in [2.75, 3.05) is 46.4 Å². The molecule has 2 unspecified atom stereocenters. The van der Waals surface area contributed by atoms with Crippen LogP contribution in [0.5, 0.6) is 0 Å². The van der Waals surface area contributed by atoms with Crippen molar-refractivity contribution in [1.29, 1.82) is 0 Å². The van der Waals surface area contributed by atoms with Crippen molar-refractivity contribution in [3.05, 3.63) is 0 Å². The van der Waals surface area contributed by atoms with Gasteiger partial charge in [0.25, 0.3) is 0 Å². The van der Waals surface area contributed by atoms with E-state index < -0.39 is 0 Å². The fourth-order valence-electron chi connectivity index (χ4n) is 3.69. The average molecular weight is 253 g/mol. The summed E-state index contributed by atoms with van der Waals surface area (Å²) in [6.45, 7) is 7.03. The zero-order chi connectivity index (χ0) is 12.4. The Morgan fingerprint density at radius 3 is 2.78 bits per heavy atom. The summed E-state index contributed by atoms with van der Waals surface area (Å²) in [5.41, 5.74) is 0. The molecule has 0 radical (unpaired) electrons. The van der Waals surface area contributed by atoms with Gasteiger partial charge in [0.2, 0.25) is 0 Å². The molecule has 0 saturated carbocycles. The molecular weight excluding hydrogens is 226 g/mol.